The van der Waals surface area contributed by atoms with Crippen molar-refractivity contribution in [2.24, 2.45) is 0 Å². The number of methoxy groups -OCH3 is 1. The number of nitrogens with zero attached hydrogens (tertiary/aromatic N) is 1. The number of aromatic nitrogens is 1. The van der Waals surface area contributed by atoms with E-state index in [-0.39, 0.29) is 5.91 Å². The van der Waals surface area contributed by atoms with E-state index in [0.717, 1.165) is 11.3 Å². The van der Waals surface area contributed by atoms with Crippen molar-refractivity contribution in [3.05, 3.63) is 47.7 Å². The second-order valence-corrected chi connectivity index (χ2v) is 4.32. The number of pyridine rings is 1. The molecule has 0 radical (unpaired) electrons. The maximum atomic E-state index is 12.1. The molecule has 0 saturated carbocycles. The van der Waals surface area contributed by atoms with E-state index in [1.54, 1.807) is 31.5 Å². The normalized spacial score (nSPS) is 9.95. The summed E-state index contributed by atoms with van der Waals surface area (Å²) in [7, 11) is 3.40. The predicted octanol–water partition coefficient (Wildman–Crippen LogP) is 2.69. The molecule has 0 atom stereocenters. The van der Waals surface area contributed by atoms with Crippen LogP contribution in [-0.4, -0.2) is 25.0 Å². The molecule has 5 nitrogen and oxygen atoms in total. The van der Waals surface area contributed by atoms with Gasteiger partial charge in [-0.25, -0.2) is 4.98 Å². The van der Waals surface area contributed by atoms with E-state index in [4.69, 9.17) is 4.74 Å². The molecule has 0 bridgehead atoms. The summed E-state index contributed by atoms with van der Waals surface area (Å²) in [6.07, 6.45) is 1.56. The fraction of sp³-hybridized carbons (Fsp3) is 0.200. The number of benzene rings is 1. The van der Waals surface area contributed by atoms with Gasteiger partial charge in [0.05, 0.1) is 19.0 Å². The van der Waals surface area contributed by atoms with E-state index >= 15 is 0 Å². The molecular formula is C15H17N3O2. The summed E-state index contributed by atoms with van der Waals surface area (Å²) in [6, 6.07) is 8.96. The minimum atomic E-state index is -0.164. The Kier molecular flexibility index (Phi) is 4.20. The third kappa shape index (κ3) is 3.06. The average Bonchev–Trinajstić information content (AvgIpc) is 2.48. The number of amides is 1. The van der Waals surface area contributed by atoms with Gasteiger partial charge in [0.2, 0.25) is 5.88 Å². The lowest BCUT2D eigenvalue weighted by Crippen LogP contribution is -2.12. The van der Waals surface area contributed by atoms with Crippen LogP contribution in [-0.2, 0) is 0 Å². The lowest BCUT2D eigenvalue weighted by atomic mass is 10.1. The van der Waals surface area contributed by atoms with Crippen LogP contribution in [0.25, 0.3) is 0 Å². The van der Waals surface area contributed by atoms with Gasteiger partial charge >= 0.3 is 0 Å². The van der Waals surface area contributed by atoms with E-state index in [0.29, 0.717) is 17.1 Å². The fourth-order valence-electron chi connectivity index (χ4n) is 1.86. The molecule has 0 aliphatic heterocycles. The third-order valence-corrected chi connectivity index (χ3v) is 2.96. The van der Waals surface area contributed by atoms with Gasteiger partial charge in [-0.1, -0.05) is 0 Å². The lowest BCUT2D eigenvalue weighted by molar-refractivity contribution is 0.102. The first-order chi connectivity index (χ1) is 9.63. The molecule has 1 heterocycles. The van der Waals surface area contributed by atoms with Crippen LogP contribution in [0.1, 0.15) is 15.9 Å². The van der Waals surface area contributed by atoms with Crippen molar-refractivity contribution in [3.63, 3.8) is 0 Å². The van der Waals surface area contributed by atoms with E-state index in [1.807, 2.05) is 26.1 Å². The number of rotatable bonds is 4. The molecule has 1 aromatic heterocycles. The summed E-state index contributed by atoms with van der Waals surface area (Å²) in [5.74, 6) is 0.347. The van der Waals surface area contributed by atoms with E-state index < -0.39 is 0 Å². The third-order valence-electron chi connectivity index (χ3n) is 2.96. The Balaban J connectivity index is 2.12. The van der Waals surface area contributed by atoms with Gasteiger partial charge in [-0.05, 0) is 36.8 Å². The molecule has 0 unspecified atom stereocenters. The van der Waals surface area contributed by atoms with E-state index in [9.17, 15) is 4.79 Å². The molecule has 20 heavy (non-hydrogen) atoms. The van der Waals surface area contributed by atoms with Crippen molar-refractivity contribution < 1.29 is 9.53 Å². The topological polar surface area (TPSA) is 63.2 Å². The molecule has 2 aromatic rings. The highest BCUT2D eigenvalue weighted by molar-refractivity contribution is 6.04. The number of aryl methyl sites for hydroxylation is 1. The molecular weight excluding hydrogens is 254 g/mol. The zero-order valence-corrected chi connectivity index (χ0v) is 11.7. The van der Waals surface area contributed by atoms with Gasteiger partial charge in [0, 0.05) is 24.4 Å². The number of carbonyl (C=O) groups is 1. The zero-order valence-electron chi connectivity index (χ0n) is 11.7. The monoisotopic (exact) mass is 271 g/mol. The van der Waals surface area contributed by atoms with Gasteiger partial charge in [-0.2, -0.15) is 0 Å². The van der Waals surface area contributed by atoms with Crippen LogP contribution >= 0.6 is 0 Å². The molecule has 0 aliphatic carbocycles. The molecule has 104 valence electrons. The van der Waals surface area contributed by atoms with Crippen LogP contribution in [0.2, 0.25) is 0 Å². The lowest BCUT2D eigenvalue weighted by Gasteiger charge is -2.09. The number of hydrogen-bond donors (Lipinski definition) is 2. The first-order valence-electron chi connectivity index (χ1n) is 6.24. The van der Waals surface area contributed by atoms with Crippen LogP contribution in [0.4, 0.5) is 11.4 Å². The Morgan fingerprint density at radius 1 is 1.25 bits per heavy atom. The minimum Gasteiger partial charge on any atom is -0.481 e. The number of nitrogens with one attached hydrogen (secondary N) is 2. The Labute approximate surface area is 118 Å². The molecule has 5 heteroatoms. The Morgan fingerprint density at radius 2 is 2.05 bits per heavy atom. The Bertz CT molecular complexity index is 609. The molecule has 1 amide bonds. The second-order valence-electron chi connectivity index (χ2n) is 4.32. The minimum absolute atomic E-state index is 0.164. The van der Waals surface area contributed by atoms with Gasteiger partial charge < -0.3 is 15.4 Å². The van der Waals surface area contributed by atoms with E-state index in [2.05, 4.69) is 15.6 Å². The highest BCUT2D eigenvalue weighted by Crippen LogP contribution is 2.17. The fourth-order valence-corrected chi connectivity index (χ4v) is 1.86. The number of carbonyl (C=O) groups excluding carboxylic acids is 1. The average molecular weight is 271 g/mol. The smallest absolute Gasteiger partial charge is 0.255 e. The molecule has 2 rings (SSSR count). The van der Waals surface area contributed by atoms with E-state index in [1.165, 1.54) is 0 Å². The van der Waals surface area contributed by atoms with Crippen LogP contribution in [0.3, 0.4) is 0 Å². The first kappa shape index (κ1) is 13.9. The molecule has 0 saturated heterocycles. The molecule has 0 aliphatic rings. The first-order valence-corrected chi connectivity index (χ1v) is 6.24. The van der Waals surface area contributed by atoms with Gasteiger partial charge in [-0.3, -0.25) is 4.79 Å². The number of hydrogen-bond acceptors (Lipinski definition) is 4. The summed E-state index contributed by atoms with van der Waals surface area (Å²) in [5, 5.41) is 5.86. The summed E-state index contributed by atoms with van der Waals surface area (Å²) in [5.41, 5.74) is 3.27. The van der Waals surface area contributed by atoms with Crippen molar-refractivity contribution in [2.45, 2.75) is 6.92 Å². The molecule has 0 spiro atoms. The van der Waals surface area contributed by atoms with Crippen LogP contribution < -0.4 is 15.4 Å². The SMILES string of the molecule is CNc1ccc(C(=O)Nc2ccc(OC)nc2)cc1C. The highest BCUT2D eigenvalue weighted by atomic mass is 16.5. The van der Waals surface area contributed by atoms with Crippen LogP contribution in [0.15, 0.2) is 36.5 Å². The van der Waals surface area contributed by atoms with Crippen molar-refractivity contribution >= 4 is 17.3 Å². The van der Waals surface area contributed by atoms with Gasteiger partial charge in [0.25, 0.3) is 5.91 Å². The molecule has 0 fully saturated rings. The van der Waals surface area contributed by atoms with Gasteiger partial charge in [-0.15, -0.1) is 0 Å². The largest absolute Gasteiger partial charge is 0.481 e. The molecule has 1 aromatic carbocycles. The Hall–Kier alpha value is -2.56. The highest BCUT2D eigenvalue weighted by Gasteiger charge is 2.08. The van der Waals surface area contributed by atoms with Gasteiger partial charge in [0.1, 0.15) is 0 Å². The second kappa shape index (κ2) is 6.06. The summed E-state index contributed by atoms with van der Waals surface area (Å²) in [4.78, 5) is 16.2. The zero-order chi connectivity index (χ0) is 14.5. The van der Waals surface area contributed by atoms with Crippen LogP contribution in [0.5, 0.6) is 5.88 Å². The summed E-state index contributed by atoms with van der Waals surface area (Å²) in [6.45, 7) is 1.96. The predicted molar refractivity (Wildman–Crippen MR) is 79.5 cm³/mol. The van der Waals surface area contributed by atoms with Crippen molar-refractivity contribution in [2.75, 3.05) is 24.8 Å². The molecule has 2 N–H and O–H groups in total. The van der Waals surface area contributed by atoms with Crippen molar-refractivity contribution in [3.8, 4) is 5.88 Å². The summed E-state index contributed by atoms with van der Waals surface area (Å²) >= 11 is 0. The van der Waals surface area contributed by atoms with Crippen molar-refractivity contribution in [1.29, 1.82) is 0 Å². The summed E-state index contributed by atoms with van der Waals surface area (Å²) < 4.78 is 4.97. The maximum Gasteiger partial charge on any atom is 0.255 e. The Morgan fingerprint density at radius 3 is 2.60 bits per heavy atom. The maximum absolute atomic E-state index is 12.1. The standard InChI is InChI=1S/C15H17N3O2/c1-10-8-11(4-6-13(10)16-2)15(19)18-12-5-7-14(20-3)17-9-12/h4-9,16H,1-3H3,(H,18,19). The number of ether oxygens (including phenoxy) is 1. The van der Waals surface area contributed by atoms with Crippen molar-refractivity contribution in [1.82, 2.24) is 4.98 Å². The van der Waals surface area contributed by atoms with Crippen LogP contribution in [0, 0.1) is 6.92 Å². The number of anilines is 2. The van der Waals surface area contributed by atoms with Gasteiger partial charge in [0.15, 0.2) is 0 Å². The quantitative estimate of drug-likeness (QED) is 0.897.